The first-order chi connectivity index (χ1) is 21.2. The summed E-state index contributed by atoms with van der Waals surface area (Å²) in [4.78, 5) is 37.5. The fraction of sp³-hybridized carbons (Fsp3) is 0.219. The Labute approximate surface area is 265 Å². The maximum Gasteiger partial charge on any atom is 0.277 e. The molecule has 4 heterocycles. The summed E-state index contributed by atoms with van der Waals surface area (Å²) < 4.78 is 6.34. The number of nitrogens with zero attached hydrogens (tertiary/aromatic N) is 6. The van der Waals surface area contributed by atoms with Crippen LogP contribution >= 0.6 is 23.2 Å². The van der Waals surface area contributed by atoms with Crippen molar-refractivity contribution >= 4 is 50.3 Å². The van der Waals surface area contributed by atoms with Crippen molar-refractivity contribution in [3.63, 3.8) is 0 Å². The van der Waals surface area contributed by atoms with E-state index in [0.717, 1.165) is 43.6 Å². The molecule has 0 spiro atoms. The number of ketones is 1. The highest BCUT2D eigenvalue weighted by molar-refractivity contribution is 6.39. The minimum absolute atomic E-state index is 0.0898. The summed E-state index contributed by atoms with van der Waals surface area (Å²) in [5, 5.41) is 9.82. The van der Waals surface area contributed by atoms with Gasteiger partial charge in [-0.15, -0.1) is 0 Å². The van der Waals surface area contributed by atoms with Crippen LogP contribution in [0.2, 0.25) is 10.0 Å². The number of Topliss-reactive ketones (excluding diaryl/α,β-unsaturated/α-hetero) is 1. The van der Waals surface area contributed by atoms with Crippen LogP contribution in [0, 0.1) is 5.92 Å². The average Bonchev–Trinajstić information content (AvgIpc) is 3.64. The molecule has 0 aliphatic rings. The lowest BCUT2D eigenvalue weighted by atomic mass is 9.97. The van der Waals surface area contributed by atoms with Gasteiger partial charge in [0, 0.05) is 75.2 Å². The number of aromatic nitrogens is 6. The van der Waals surface area contributed by atoms with E-state index in [2.05, 4.69) is 10.2 Å². The number of benzene rings is 2. The number of carbonyl (C=O) groups is 1. The molecule has 0 amide bonds. The van der Waals surface area contributed by atoms with Crippen LogP contribution in [0.1, 0.15) is 26.7 Å². The largest absolute Gasteiger partial charge is 0.300 e. The molecule has 224 valence electrons. The molecular formula is C32H30Cl2N6O3Si. The molecule has 0 radical (unpaired) electrons. The quantitative estimate of drug-likeness (QED) is 0.208. The van der Waals surface area contributed by atoms with Gasteiger partial charge < -0.3 is 9.36 Å². The molecule has 4 aromatic heterocycles. The molecule has 44 heavy (non-hydrogen) atoms. The van der Waals surface area contributed by atoms with E-state index in [-0.39, 0.29) is 22.8 Å². The van der Waals surface area contributed by atoms with Crippen LogP contribution < -0.4 is 11.1 Å². The second-order valence-corrected chi connectivity index (χ2v) is 12.5. The predicted molar refractivity (Wildman–Crippen MR) is 178 cm³/mol. The van der Waals surface area contributed by atoms with Crippen LogP contribution in [0.15, 0.2) is 83.2 Å². The van der Waals surface area contributed by atoms with E-state index in [4.69, 9.17) is 23.2 Å². The Morgan fingerprint density at radius 1 is 0.818 bits per heavy atom. The Morgan fingerprint density at radius 3 is 1.80 bits per heavy atom. The standard InChI is InChI=1S/C32H30Cl2N6O3Si/c1-19(9-10-20(2)41)13-37-16-35-39-14-21(11-27(39)31(37)42)23-5-3-7-25(29(23)33)26-8-4-6-24(30(26)34)22-12-28-32(43)38(18-44)17-36-40(28)15-22/h3-8,11-12,14-17,19H,9-10,13,18H2,1-2,44H3/t19-/m0/s1. The van der Waals surface area contributed by atoms with Crippen molar-refractivity contribution in [1.29, 1.82) is 0 Å². The fourth-order valence-corrected chi connectivity index (χ4v) is 6.63. The van der Waals surface area contributed by atoms with Crippen LogP contribution in [-0.4, -0.2) is 44.4 Å². The SMILES string of the molecule is CC(=O)CC[C@H](C)Cn1cnn2cc(-c3cccc(-c4cccc(-c5cc6c(=O)n(C[SiH3])cnn6c5)c4Cl)c3Cl)cc2c1=O. The van der Waals surface area contributed by atoms with Crippen LogP contribution in [-0.2, 0) is 17.5 Å². The smallest absolute Gasteiger partial charge is 0.277 e. The van der Waals surface area contributed by atoms with Crippen molar-refractivity contribution in [2.45, 2.75) is 39.4 Å². The zero-order valence-electron chi connectivity index (χ0n) is 24.5. The first-order valence-corrected chi connectivity index (χ1v) is 16.6. The maximum atomic E-state index is 13.3. The van der Waals surface area contributed by atoms with Crippen LogP contribution in [0.3, 0.4) is 0 Å². The zero-order valence-corrected chi connectivity index (χ0v) is 28.0. The summed E-state index contributed by atoms with van der Waals surface area (Å²) in [6.45, 7) is 4.08. The van der Waals surface area contributed by atoms with Gasteiger partial charge in [-0.1, -0.05) is 66.5 Å². The van der Waals surface area contributed by atoms with Crippen molar-refractivity contribution in [1.82, 2.24) is 28.4 Å². The molecular weight excluding hydrogens is 615 g/mol. The van der Waals surface area contributed by atoms with Gasteiger partial charge in [0.25, 0.3) is 11.1 Å². The summed E-state index contributed by atoms with van der Waals surface area (Å²) in [7, 11) is 0.849. The van der Waals surface area contributed by atoms with E-state index in [0.29, 0.717) is 46.6 Å². The summed E-state index contributed by atoms with van der Waals surface area (Å²) in [6.07, 6.45) is 8.55. The highest BCUT2D eigenvalue weighted by Crippen LogP contribution is 2.42. The Kier molecular flexibility index (Phi) is 8.15. The number of carbonyl (C=O) groups excluding carboxylic acids is 1. The van der Waals surface area contributed by atoms with E-state index in [9.17, 15) is 14.4 Å². The normalized spacial score (nSPS) is 12.4. The molecule has 6 rings (SSSR count). The highest BCUT2D eigenvalue weighted by Gasteiger charge is 2.19. The van der Waals surface area contributed by atoms with Gasteiger partial charge in [-0.3, -0.25) is 14.2 Å². The molecule has 0 N–H and O–H groups in total. The lowest BCUT2D eigenvalue weighted by Crippen LogP contribution is -2.25. The Hall–Kier alpha value is -4.25. The third-order valence-electron chi connectivity index (χ3n) is 7.94. The van der Waals surface area contributed by atoms with E-state index < -0.39 is 0 Å². The minimum atomic E-state index is -0.161. The molecule has 0 unspecified atom stereocenters. The van der Waals surface area contributed by atoms with Crippen LogP contribution in [0.5, 0.6) is 0 Å². The molecule has 2 aromatic carbocycles. The molecule has 1 atom stereocenters. The summed E-state index contributed by atoms with van der Waals surface area (Å²) in [5.74, 6) is 0.292. The number of hydrogen-bond acceptors (Lipinski definition) is 5. The topological polar surface area (TPSA) is 95.7 Å². The number of halogens is 2. The third kappa shape index (κ3) is 5.45. The Balaban J connectivity index is 1.36. The van der Waals surface area contributed by atoms with E-state index in [1.54, 1.807) is 49.9 Å². The van der Waals surface area contributed by atoms with Gasteiger partial charge in [0.1, 0.15) is 29.5 Å². The molecule has 0 saturated carbocycles. The molecule has 6 aromatic rings. The minimum Gasteiger partial charge on any atom is -0.300 e. The number of fused-ring (bicyclic) bond motifs is 2. The van der Waals surface area contributed by atoms with Crippen molar-refractivity contribution in [3.8, 4) is 33.4 Å². The van der Waals surface area contributed by atoms with Gasteiger partial charge in [0.2, 0.25) is 0 Å². The Bertz CT molecular complexity index is 2180. The van der Waals surface area contributed by atoms with Gasteiger partial charge >= 0.3 is 0 Å². The summed E-state index contributed by atoms with van der Waals surface area (Å²) in [5.41, 5.74) is 5.15. The number of rotatable bonds is 9. The van der Waals surface area contributed by atoms with Crippen molar-refractivity contribution in [3.05, 3.63) is 104 Å². The summed E-state index contributed by atoms with van der Waals surface area (Å²) >= 11 is 14.1. The molecule has 0 fully saturated rings. The van der Waals surface area contributed by atoms with E-state index in [1.807, 2.05) is 49.4 Å². The van der Waals surface area contributed by atoms with Gasteiger partial charge in [-0.2, -0.15) is 10.2 Å². The maximum absolute atomic E-state index is 13.3. The van der Waals surface area contributed by atoms with Crippen LogP contribution in [0.25, 0.3) is 44.4 Å². The van der Waals surface area contributed by atoms with E-state index >= 15 is 0 Å². The van der Waals surface area contributed by atoms with E-state index in [1.165, 1.54) is 6.33 Å². The van der Waals surface area contributed by atoms with Gasteiger partial charge in [-0.05, 0) is 31.4 Å². The zero-order chi connectivity index (χ0) is 31.1. The monoisotopic (exact) mass is 644 g/mol. The second kappa shape index (κ2) is 12.0. The van der Waals surface area contributed by atoms with Gasteiger partial charge in [-0.25, -0.2) is 9.03 Å². The van der Waals surface area contributed by atoms with Gasteiger partial charge in [0.05, 0.1) is 10.0 Å². The Morgan fingerprint density at radius 2 is 1.30 bits per heavy atom. The molecule has 0 saturated heterocycles. The average molecular weight is 646 g/mol. The molecule has 12 heteroatoms. The number of hydrogen-bond donors (Lipinski definition) is 0. The first kappa shape index (κ1) is 29.8. The molecule has 0 bridgehead atoms. The molecule has 9 nitrogen and oxygen atoms in total. The highest BCUT2D eigenvalue weighted by atomic mass is 35.5. The first-order valence-electron chi connectivity index (χ1n) is 14.4. The predicted octanol–water partition coefficient (Wildman–Crippen LogP) is 4.94. The third-order valence-corrected chi connectivity index (χ3v) is 9.44. The molecule has 0 aliphatic carbocycles. The lowest BCUT2D eigenvalue weighted by Gasteiger charge is -2.13. The lowest BCUT2D eigenvalue weighted by molar-refractivity contribution is -0.117. The van der Waals surface area contributed by atoms with Crippen molar-refractivity contribution < 1.29 is 4.79 Å². The van der Waals surface area contributed by atoms with Crippen molar-refractivity contribution in [2.75, 3.05) is 0 Å². The molecule has 0 aliphatic heterocycles. The summed E-state index contributed by atoms with van der Waals surface area (Å²) in [6, 6.07) is 15.0. The fourth-order valence-electron chi connectivity index (χ4n) is 5.50. The van der Waals surface area contributed by atoms with Crippen molar-refractivity contribution in [2.24, 2.45) is 5.92 Å². The van der Waals surface area contributed by atoms with Gasteiger partial charge in [0.15, 0.2) is 0 Å². The second-order valence-electron chi connectivity index (χ2n) is 11.1. The van der Waals surface area contributed by atoms with Crippen LogP contribution in [0.4, 0.5) is 0 Å².